The van der Waals surface area contributed by atoms with E-state index in [4.69, 9.17) is 9.97 Å². The van der Waals surface area contributed by atoms with Gasteiger partial charge in [-0.05, 0) is 135 Å². The average Bonchev–Trinajstić information content (AvgIpc) is 3.67. The third-order valence-electron chi connectivity index (χ3n) is 13.0. The third kappa shape index (κ3) is 5.30. The highest BCUT2D eigenvalue weighted by molar-refractivity contribution is 6.29. The molecule has 0 aliphatic heterocycles. The van der Waals surface area contributed by atoms with Crippen molar-refractivity contribution in [3.63, 3.8) is 0 Å². The van der Waals surface area contributed by atoms with Gasteiger partial charge in [-0.3, -0.25) is 4.98 Å². The van der Waals surface area contributed by atoms with Crippen molar-refractivity contribution >= 4 is 54.1 Å². The SMILES string of the molecule is c1ccc(-c2c3c(c(-c4ccccc4)c4ccccc24)-c2ccc(-c4cc(-c5ccc6ccccc6c5)cc(-c5ccc6ccc7cccnc7c6n5)c4)c4cccc-3c24)cc1. The van der Waals surface area contributed by atoms with E-state index in [1.807, 2.05) is 12.3 Å². The minimum atomic E-state index is 0.914. The molecule has 62 heavy (non-hydrogen) atoms. The molecule has 10 aromatic carbocycles. The first-order chi connectivity index (χ1) is 30.7. The quantitative estimate of drug-likeness (QED) is 0.162. The highest BCUT2D eigenvalue weighted by Gasteiger charge is 2.31. The molecule has 1 aliphatic carbocycles. The van der Waals surface area contributed by atoms with Crippen LogP contribution in [-0.2, 0) is 0 Å². The second kappa shape index (κ2) is 13.7. The van der Waals surface area contributed by atoms with Crippen molar-refractivity contribution in [2.24, 2.45) is 0 Å². The second-order valence-electron chi connectivity index (χ2n) is 16.4. The van der Waals surface area contributed by atoms with Crippen LogP contribution in [0.15, 0.2) is 219 Å². The molecule has 0 amide bonds. The van der Waals surface area contributed by atoms with Crippen molar-refractivity contribution < 1.29 is 0 Å². The van der Waals surface area contributed by atoms with Gasteiger partial charge in [0, 0.05) is 22.5 Å². The van der Waals surface area contributed by atoms with E-state index in [1.165, 1.54) is 88.0 Å². The number of benzene rings is 10. The maximum absolute atomic E-state index is 5.36. The molecule has 12 aromatic rings. The van der Waals surface area contributed by atoms with Gasteiger partial charge in [-0.25, -0.2) is 4.98 Å². The lowest BCUT2D eigenvalue weighted by atomic mass is 9.82. The summed E-state index contributed by atoms with van der Waals surface area (Å²) in [5, 5.41) is 9.67. The van der Waals surface area contributed by atoms with Gasteiger partial charge in [0.15, 0.2) is 0 Å². The number of rotatable bonds is 5. The summed E-state index contributed by atoms with van der Waals surface area (Å²) >= 11 is 0. The monoisotopic (exact) mass is 784 g/mol. The predicted molar refractivity (Wildman–Crippen MR) is 261 cm³/mol. The van der Waals surface area contributed by atoms with Crippen molar-refractivity contribution in [2.45, 2.75) is 0 Å². The molecule has 0 fully saturated rings. The Bertz CT molecular complexity index is 3700. The molecule has 0 unspecified atom stereocenters. The van der Waals surface area contributed by atoms with Crippen LogP contribution in [0.1, 0.15) is 0 Å². The normalized spacial score (nSPS) is 11.9. The molecule has 2 heteroatoms. The molecule has 0 atom stereocenters. The molecule has 0 bridgehead atoms. The van der Waals surface area contributed by atoms with E-state index in [2.05, 4.69) is 206 Å². The Labute approximate surface area is 359 Å². The zero-order chi connectivity index (χ0) is 40.7. The number of pyridine rings is 2. The molecular weight excluding hydrogens is 749 g/mol. The molecule has 13 rings (SSSR count). The molecule has 0 N–H and O–H groups in total. The number of hydrogen-bond donors (Lipinski definition) is 0. The van der Waals surface area contributed by atoms with Crippen LogP contribution in [0.3, 0.4) is 0 Å². The number of hydrogen-bond acceptors (Lipinski definition) is 2. The molecular formula is C60H36N2. The second-order valence-corrected chi connectivity index (χ2v) is 16.4. The highest BCUT2D eigenvalue weighted by atomic mass is 14.8. The minimum Gasteiger partial charge on any atom is -0.254 e. The van der Waals surface area contributed by atoms with Crippen LogP contribution in [0.5, 0.6) is 0 Å². The lowest BCUT2D eigenvalue weighted by molar-refractivity contribution is 1.37. The van der Waals surface area contributed by atoms with Crippen LogP contribution in [0.2, 0.25) is 0 Å². The van der Waals surface area contributed by atoms with Crippen molar-refractivity contribution in [2.75, 3.05) is 0 Å². The lowest BCUT2D eigenvalue weighted by Crippen LogP contribution is -1.93. The summed E-state index contributed by atoms with van der Waals surface area (Å²) in [5.41, 5.74) is 18.7. The number of nitrogens with zero attached hydrogens (tertiary/aromatic N) is 2. The summed E-state index contributed by atoms with van der Waals surface area (Å²) in [6, 6.07) is 77.7. The van der Waals surface area contributed by atoms with Gasteiger partial charge in [-0.15, -0.1) is 0 Å². The Morgan fingerprint density at radius 1 is 0.274 bits per heavy atom. The van der Waals surface area contributed by atoms with E-state index < -0.39 is 0 Å². The zero-order valence-electron chi connectivity index (χ0n) is 33.7. The van der Waals surface area contributed by atoms with Crippen LogP contribution in [0.4, 0.5) is 0 Å². The van der Waals surface area contributed by atoms with Crippen molar-refractivity contribution in [1.82, 2.24) is 9.97 Å². The summed E-state index contributed by atoms with van der Waals surface area (Å²) in [6.45, 7) is 0. The minimum absolute atomic E-state index is 0.914. The van der Waals surface area contributed by atoms with E-state index in [0.29, 0.717) is 0 Å². The van der Waals surface area contributed by atoms with E-state index in [9.17, 15) is 0 Å². The Balaban J connectivity index is 1.09. The fourth-order valence-electron chi connectivity index (χ4n) is 10.2. The molecule has 0 spiro atoms. The zero-order valence-corrected chi connectivity index (χ0v) is 33.7. The largest absolute Gasteiger partial charge is 0.254 e. The van der Waals surface area contributed by atoms with Gasteiger partial charge in [0.05, 0.1) is 16.7 Å². The Morgan fingerprint density at radius 3 is 1.60 bits per heavy atom. The first-order valence-electron chi connectivity index (χ1n) is 21.3. The van der Waals surface area contributed by atoms with Crippen LogP contribution in [-0.4, -0.2) is 9.97 Å². The third-order valence-corrected chi connectivity index (χ3v) is 13.0. The van der Waals surface area contributed by atoms with Gasteiger partial charge in [0.25, 0.3) is 0 Å². The Kier molecular flexibility index (Phi) is 7.64. The molecule has 2 nitrogen and oxygen atoms in total. The van der Waals surface area contributed by atoms with Crippen molar-refractivity contribution in [3.8, 4) is 78.0 Å². The van der Waals surface area contributed by atoms with Gasteiger partial charge in [-0.1, -0.05) is 176 Å². The maximum Gasteiger partial charge on any atom is 0.0972 e. The summed E-state index contributed by atoms with van der Waals surface area (Å²) in [4.78, 5) is 10.1. The summed E-state index contributed by atoms with van der Waals surface area (Å²) in [7, 11) is 0. The first-order valence-corrected chi connectivity index (χ1v) is 21.3. The predicted octanol–water partition coefficient (Wildman–Crippen LogP) is 16.2. The van der Waals surface area contributed by atoms with Gasteiger partial charge in [-0.2, -0.15) is 0 Å². The van der Waals surface area contributed by atoms with Crippen LogP contribution in [0, 0.1) is 0 Å². The van der Waals surface area contributed by atoms with E-state index in [-0.39, 0.29) is 0 Å². The fourth-order valence-corrected chi connectivity index (χ4v) is 10.2. The molecule has 286 valence electrons. The molecule has 1 aliphatic rings. The molecule has 2 heterocycles. The molecule has 0 radical (unpaired) electrons. The van der Waals surface area contributed by atoms with Crippen LogP contribution in [0.25, 0.3) is 132 Å². The van der Waals surface area contributed by atoms with Gasteiger partial charge in [0.1, 0.15) is 0 Å². The van der Waals surface area contributed by atoms with Crippen LogP contribution >= 0.6 is 0 Å². The number of fused-ring (bicyclic) bond motifs is 8. The molecule has 0 saturated heterocycles. The molecule has 2 aromatic heterocycles. The van der Waals surface area contributed by atoms with Crippen LogP contribution < -0.4 is 0 Å². The topological polar surface area (TPSA) is 25.8 Å². The first kappa shape index (κ1) is 34.6. The van der Waals surface area contributed by atoms with Gasteiger partial charge >= 0.3 is 0 Å². The Hall–Kier alpha value is -8.20. The summed E-state index contributed by atoms with van der Waals surface area (Å²) in [6.07, 6.45) is 1.86. The Morgan fingerprint density at radius 2 is 0.839 bits per heavy atom. The van der Waals surface area contributed by atoms with Gasteiger partial charge in [0.2, 0.25) is 0 Å². The standard InChI is InChI=1S/C60H36N2/c1-3-14-38(15-4-1)54-49-20-9-10-21-50(49)55(39-16-5-2-6-17-39)58-52-30-29-47(48-22-11-23-51(56(48)52)57(54)58)45-34-44(43-27-24-37-13-7-8-18-42(37)33-43)35-46(36-45)53-31-28-41-26-25-40-19-12-32-61-59(40)60(41)62-53/h1-36H. The van der Waals surface area contributed by atoms with Crippen molar-refractivity contribution in [1.29, 1.82) is 0 Å². The smallest absolute Gasteiger partial charge is 0.0972 e. The van der Waals surface area contributed by atoms with Crippen molar-refractivity contribution in [3.05, 3.63) is 219 Å². The molecule has 0 saturated carbocycles. The lowest BCUT2D eigenvalue weighted by Gasteiger charge is -2.20. The summed E-state index contributed by atoms with van der Waals surface area (Å²) in [5.74, 6) is 0. The average molecular weight is 785 g/mol. The summed E-state index contributed by atoms with van der Waals surface area (Å²) < 4.78 is 0. The van der Waals surface area contributed by atoms with E-state index >= 15 is 0 Å². The number of aromatic nitrogens is 2. The van der Waals surface area contributed by atoms with E-state index in [0.717, 1.165) is 44.2 Å². The van der Waals surface area contributed by atoms with E-state index in [1.54, 1.807) is 0 Å². The fraction of sp³-hybridized carbons (Fsp3) is 0. The maximum atomic E-state index is 5.36. The van der Waals surface area contributed by atoms with Gasteiger partial charge < -0.3 is 0 Å². The highest BCUT2D eigenvalue weighted by Crippen LogP contribution is 2.58.